The lowest BCUT2D eigenvalue weighted by atomic mass is 10.1. The van der Waals surface area contributed by atoms with E-state index < -0.39 is 16.1 Å². The number of anilines is 1. The second-order valence-electron chi connectivity index (χ2n) is 4.70. The predicted molar refractivity (Wildman–Crippen MR) is 83.0 cm³/mol. The van der Waals surface area contributed by atoms with Gasteiger partial charge in [-0.3, -0.25) is 0 Å². The summed E-state index contributed by atoms with van der Waals surface area (Å²) in [5.41, 5.74) is 11.6. The first-order valence-electron chi connectivity index (χ1n) is 6.33. The molecule has 0 atom stereocenters. The van der Waals surface area contributed by atoms with Crippen LogP contribution in [0.3, 0.4) is 0 Å². The highest BCUT2D eigenvalue weighted by atomic mass is 32.2. The van der Waals surface area contributed by atoms with Crippen LogP contribution in [0.4, 0.5) is 10.6 Å². The van der Waals surface area contributed by atoms with Gasteiger partial charge in [0.1, 0.15) is 10.7 Å². The van der Waals surface area contributed by atoms with Gasteiger partial charge < -0.3 is 16.2 Å². The van der Waals surface area contributed by atoms with E-state index in [0.717, 1.165) is 4.31 Å². The Kier molecular flexibility index (Phi) is 4.48. The number of sulfonamides is 1. The molecule has 2 heterocycles. The molecule has 0 aliphatic rings. The Hall–Kier alpha value is -2.72. The normalized spacial score (nSPS) is 11.4. The predicted octanol–water partition coefficient (Wildman–Crippen LogP) is 0.434. The van der Waals surface area contributed by atoms with Crippen LogP contribution in [-0.2, 0) is 10.0 Å². The van der Waals surface area contributed by atoms with E-state index in [1.807, 2.05) is 0 Å². The van der Waals surface area contributed by atoms with Gasteiger partial charge in [-0.15, -0.1) is 0 Å². The SMILES string of the molecule is CN(C)S(=O)(=O)c1cc(-c2ccnc(OC(N)=O)c2)cnc1N. The van der Waals surface area contributed by atoms with Crippen LogP contribution in [0, 0.1) is 0 Å². The summed E-state index contributed by atoms with van der Waals surface area (Å²) < 4.78 is 30.2. The summed E-state index contributed by atoms with van der Waals surface area (Å²) in [4.78, 5) is 18.4. The highest BCUT2D eigenvalue weighted by Gasteiger charge is 2.22. The van der Waals surface area contributed by atoms with E-state index in [1.165, 1.54) is 38.6 Å². The van der Waals surface area contributed by atoms with E-state index >= 15 is 0 Å². The zero-order valence-electron chi connectivity index (χ0n) is 12.4. The minimum absolute atomic E-state index is 0.0103. The van der Waals surface area contributed by atoms with Crippen molar-refractivity contribution in [1.82, 2.24) is 14.3 Å². The van der Waals surface area contributed by atoms with Gasteiger partial charge >= 0.3 is 6.09 Å². The zero-order chi connectivity index (χ0) is 17.2. The Morgan fingerprint density at radius 1 is 1.22 bits per heavy atom. The summed E-state index contributed by atoms with van der Waals surface area (Å²) in [6.45, 7) is 0. The molecule has 0 bridgehead atoms. The van der Waals surface area contributed by atoms with Crippen molar-refractivity contribution in [2.75, 3.05) is 19.8 Å². The Bertz CT molecular complexity index is 851. The highest BCUT2D eigenvalue weighted by molar-refractivity contribution is 7.89. The first-order valence-corrected chi connectivity index (χ1v) is 7.77. The summed E-state index contributed by atoms with van der Waals surface area (Å²) in [6, 6.07) is 4.43. The largest absolute Gasteiger partial charge is 0.411 e. The quantitative estimate of drug-likeness (QED) is 0.824. The van der Waals surface area contributed by atoms with E-state index in [4.69, 9.17) is 16.2 Å². The maximum atomic E-state index is 12.3. The third-order valence-corrected chi connectivity index (χ3v) is 4.76. The molecule has 0 saturated carbocycles. The second kappa shape index (κ2) is 6.18. The molecule has 1 amide bonds. The maximum Gasteiger partial charge on any atom is 0.411 e. The van der Waals surface area contributed by atoms with Crippen molar-refractivity contribution in [3.8, 4) is 17.0 Å². The smallest absolute Gasteiger partial charge is 0.391 e. The van der Waals surface area contributed by atoms with Gasteiger partial charge in [-0.2, -0.15) is 0 Å². The fraction of sp³-hybridized carbons (Fsp3) is 0.154. The molecule has 0 spiro atoms. The van der Waals surface area contributed by atoms with E-state index in [1.54, 1.807) is 6.07 Å². The summed E-state index contributed by atoms with van der Waals surface area (Å²) >= 11 is 0. The Labute approximate surface area is 132 Å². The number of carbonyl (C=O) groups excluding carboxylic acids is 1. The number of amides is 1. The van der Waals surface area contributed by atoms with Gasteiger partial charge in [-0.05, 0) is 17.7 Å². The molecule has 9 nitrogen and oxygen atoms in total. The molecular weight excluding hydrogens is 322 g/mol. The van der Waals surface area contributed by atoms with Crippen LogP contribution in [0.5, 0.6) is 5.88 Å². The van der Waals surface area contributed by atoms with Gasteiger partial charge in [0, 0.05) is 38.1 Å². The number of rotatable bonds is 4. The molecule has 0 aromatic carbocycles. The van der Waals surface area contributed by atoms with Gasteiger partial charge in [-0.1, -0.05) is 0 Å². The summed E-state index contributed by atoms with van der Waals surface area (Å²) in [7, 11) is -0.951. The van der Waals surface area contributed by atoms with Gasteiger partial charge in [0.05, 0.1) is 0 Å². The first kappa shape index (κ1) is 16.6. The number of nitrogens with two attached hydrogens (primary N) is 2. The molecule has 2 rings (SSSR count). The highest BCUT2D eigenvalue weighted by Crippen LogP contribution is 2.27. The van der Waals surface area contributed by atoms with Crippen LogP contribution in [-0.4, -0.2) is 42.9 Å². The first-order chi connectivity index (χ1) is 10.7. The molecule has 122 valence electrons. The second-order valence-corrected chi connectivity index (χ2v) is 6.82. The van der Waals surface area contributed by atoms with Gasteiger partial charge in [0.25, 0.3) is 0 Å². The van der Waals surface area contributed by atoms with Crippen molar-refractivity contribution in [2.24, 2.45) is 5.73 Å². The summed E-state index contributed by atoms with van der Waals surface area (Å²) in [5, 5.41) is 0. The van der Waals surface area contributed by atoms with Gasteiger partial charge in [-0.25, -0.2) is 27.5 Å². The van der Waals surface area contributed by atoms with Crippen molar-refractivity contribution in [3.05, 3.63) is 30.6 Å². The number of pyridine rings is 2. The Morgan fingerprint density at radius 2 is 1.91 bits per heavy atom. The average molecular weight is 337 g/mol. The third kappa shape index (κ3) is 3.55. The molecule has 0 radical (unpaired) electrons. The number of carbonyl (C=O) groups is 1. The third-order valence-electron chi connectivity index (χ3n) is 2.91. The van der Waals surface area contributed by atoms with E-state index in [-0.39, 0.29) is 16.6 Å². The number of nitrogens with zero attached hydrogens (tertiary/aromatic N) is 3. The fourth-order valence-electron chi connectivity index (χ4n) is 1.76. The molecule has 2 aromatic heterocycles. The Balaban J connectivity index is 2.52. The summed E-state index contributed by atoms with van der Waals surface area (Å²) in [5.74, 6) is -0.117. The van der Waals surface area contributed by atoms with Crippen molar-refractivity contribution < 1.29 is 17.9 Å². The van der Waals surface area contributed by atoms with Crippen LogP contribution < -0.4 is 16.2 Å². The number of primary amides is 1. The van der Waals surface area contributed by atoms with Crippen LogP contribution in [0.1, 0.15) is 0 Å². The van der Waals surface area contributed by atoms with E-state index in [0.29, 0.717) is 11.1 Å². The zero-order valence-corrected chi connectivity index (χ0v) is 13.2. The van der Waals surface area contributed by atoms with Gasteiger partial charge in [0.2, 0.25) is 15.9 Å². The molecule has 0 aliphatic carbocycles. The lowest BCUT2D eigenvalue weighted by molar-refractivity contribution is 0.209. The fourth-order valence-corrected chi connectivity index (χ4v) is 2.75. The van der Waals surface area contributed by atoms with Crippen LogP contribution in [0.25, 0.3) is 11.1 Å². The van der Waals surface area contributed by atoms with Crippen molar-refractivity contribution >= 4 is 21.9 Å². The molecular formula is C13H15N5O4S. The van der Waals surface area contributed by atoms with Crippen molar-refractivity contribution in [1.29, 1.82) is 0 Å². The van der Waals surface area contributed by atoms with E-state index in [2.05, 4.69) is 9.97 Å². The lowest BCUT2D eigenvalue weighted by Crippen LogP contribution is -2.23. The summed E-state index contributed by atoms with van der Waals surface area (Å²) in [6.07, 6.45) is 1.80. The van der Waals surface area contributed by atoms with Crippen molar-refractivity contribution in [3.63, 3.8) is 0 Å². The lowest BCUT2D eigenvalue weighted by Gasteiger charge is -2.14. The van der Waals surface area contributed by atoms with Crippen LogP contribution >= 0.6 is 0 Å². The number of aromatic nitrogens is 2. The molecule has 0 saturated heterocycles. The van der Waals surface area contributed by atoms with Gasteiger partial charge in [0.15, 0.2) is 0 Å². The Morgan fingerprint density at radius 3 is 2.52 bits per heavy atom. The standard InChI is InChI=1S/C13H15N5O4S/c1-18(2)23(20,21)10-5-9(7-17-12(10)14)8-3-4-16-11(6-8)22-13(15)19/h3-7H,1-2H3,(H2,14,17)(H2,15,19). The van der Waals surface area contributed by atoms with Crippen molar-refractivity contribution in [2.45, 2.75) is 4.90 Å². The topological polar surface area (TPSA) is 142 Å². The molecule has 0 fully saturated rings. The number of nitrogen functional groups attached to an aromatic ring is 1. The average Bonchev–Trinajstić information content (AvgIpc) is 2.47. The molecule has 10 heteroatoms. The van der Waals surface area contributed by atoms with Crippen LogP contribution in [0.2, 0.25) is 0 Å². The monoisotopic (exact) mass is 337 g/mol. The number of ether oxygens (including phenoxy) is 1. The minimum Gasteiger partial charge on any atom is -0.391 e. The molecule has 2 aromatic rings. The molecule has 0 aliphatic heterocycles. The molecule has 4 N–H and O–H groups in total. The maximum absolute atomic E-state index is 12.3. The minimum atomic E-state index is -3.74. The number of hydrogen-bond donors (Lipinski definition) is 2. The molecule has 0 unspecified atom stereocenters. The molecule has 23 heavy (non-hydrogen) atoms. The van der Waals surface area contributed by atoms with Crippen LogP contribution in [0.15, 0.2) is 35.5 Å². The van der Waals surface area contributed by atoms with E-state index in [9.17, 15) is 13.2 Å². The number of hydrogen-bond acceptors (Lipinski definition) is 7.